The Morgan fingerprint density at radius 3 is 2.22 bits per heavy atom. The van der Waals surface area contributed by atoms with E-state index in [0.717, 1.165) is 22.3 Å². The number of carbonyl (C=O) groups excluding carboxylic acids is 2. The summed E-state index contributed by atoms with van der Waals surface area (Å²) in [4.78, 5) is 28.6. The van der Waals surface area contributed by atoms with E-state index in [9.17, 15) is 9.59 Å². The first kappa shape index (κ1) is 21.4. The van der Waals surface area contributed by atoms with E-state index in [4.69, 9.17) is 4.74 Å². The summed E-state index contributed by atoms with van der Waals surface area (Å²) in [6.07, 6.45) is 0. The first-order valence-electron chi connectivity index (χ1n) is 10.5. The normalized spacial score (nSPS) is 13.7. The number of ether oxygens (including phenoxy) is 1. The second kappa shape index (κ2) is 8.35. The minimum Gasteiger partial charge on any atom is -0.495 e. The first-order chi connectivity index (χ1) is 15.3. The van der Waals surface area contributed by atoms with E-state index in [2.05, 4.69) is 5.32 Å². The van der Waals surface area contributed by atoms with Gasteiger partial charge in [-0.15, -0.1) is 0 Å². The van der Waals surface area contributed by atoms with E-state index in [1.165, 1.54) is 4.90 Å². The third kappa shape index (κ3) is 3.66. The average molecular weight is 427 g/mol. The average Bonchev–Trinajstić information content (AvgIpc) is 3.00. The zero-order valence-electron chi connectivity index (χ0n) is 18.9. The number of aryl methyl sites for hydroxylation is 4. The van der Waals surface area contributed by atoms with E-state index >= 15 is 0 Å². The highest BCUT2D eigenvalue weighted by Gasteiger charge is 2.41. The van der Waals surface area contributed by atoms with Gasteiger partial charge in [0.1, 0.15) is 11.4 Å². The molecule has 1 heterocycles. The minimum atomic E-state index is -0.388. The molecule has 0 saturated carbocycles. The Morgan fingerprint density at radius 2 is 1.53 bits per heavy atom. The summed E-state index contributed by atoms with van der Waals surface area (Å²) in [7, 11) is 1.58. The van der Waals surface area contributed by atoms with E-state index in [-0.39, 0.29) is 17.5 Å². The fourth-order valence-electron chi connectivity index (χ4n) is 3.90. The van der Waals surface area contributed by atoms with Gasteiger partial charge in [-0.2, -0.15) is 0 Å². The lowest BCUT2D eigenvalue weighted by Gasteiger charge is -2.18. The van der Waals surface area contributed by atoms with Crippen molar-refractivity contribution < 1.29 is 14.3 Å². The molecule has 0 spiro atoms. The molecule has 0 radical (unpaired) electrons. The van der Waals surface area contributed by atoms with Crippen LogP contribution in [-0.4, -0.2) is 18.9 Å². The molecular formula is C27H26N2O3. The van der Waals surface area contributed by atoms with Gasteiger partial charge in [-0.25, -0.2) is 4.90 Å². The van der Waals surface area contributed by atoms with Crippen molar-refractivity contribution in [2.75, 3.05) is 17.3 Å². The fraction of sp³-hybridized carbons (Fsp3) is 0.185. The second-order valence-electron chi connectivity index (χ2n) is 8.11. The molecule has 1 aliphatic rings. The zero-order chi connectivity index (χ0) is 23.0. The molecule has 3 aromatic carbocycles. The maximum absolute atomic E-state index is 13.7. The predicted molar refractivity (Wildman–Crippen MR) is 128 cm³/mol. The number of methoxy groups -OCH3 is 1. The molecule has 5 heteroatoms. The van der Waals surface area contributed by atoms with Gasteiger partial charge >= 0.3 is 0 Å². The summed E-state index contributed by atoms with van der Waals surface area (Å²) in [6.45, 7) is 7.87. The van der Waals surface area contributed by atoms with Crippen molar-refractivity contribution in [3.8, 4) is 5.75 Å². The van der Waals surface area contributed by atoms with E-state index in [0.29, 0.717) is 28.3 Å². The van der Waals surface area contributed by atoms with Gasteiger partial charge in [-0.1, -0.05) is 42.5 Å². The van der Waals surface area contributed by atoms with Crippen molar-refractivity contribution in [1.82, 2.24) is 0 Å². The summed E-state index contributed by atoms with van der Waals surface area (Å²) >= 11 is 0. The highest BCUT2D eigenvalue weighted by Crippen LogP contribution is 2.37. The molecule has 0 saturated heterocycles. The predicted octanol–water partition coefficient (Wildman–Crippen LogP) is 5.33. The highest BCUT2D eigenvalue weighted by molar-refractivity contribution is 6.46. The highest BCUT2D eigenvalue weighted by atomic mass is 16.5. The lowest BCUT2D eigenvalue weighted by atomic mass is 9.99. The zero-order valence-corrected chi connectivity index (χ0v) is 18.9. The van der Waals surface area contributed by atoms with Crippen LogP contribution in [-0.2, 0) is 9.59 Å². The molecule has 5 nitrogen and oxygen atoms in total. The van der Waals surface area contributed by atoms with Gasteiger partial charge in [0.25, 0.3) is 11.8 Å². The Labute approximate surface area is 188 Å². The topological polar surface area (TPSA) is 58.6 Å². The van der Waals surface area contributed by atoms with Gasteiger partial charge in [0, 0.05) is 0 Å². The van der Waals surface area contributed by atoms with Crippen LogP contribution in [0.2, 0.25) is 0 Å². The molecule has 2 amide bonds. The number of nitrogens with one attached hydrogen (secondary N) is 1. The van der Waals surface area contributed by atoms with E-state index in [1.54, 1.807) is 13.2 Å². The molecule has 1 aliphatic heterocycles. The van der Waals surface area contributed by atoms with Gasteiger partial charge in [0.05, 0.1) is 24.1 Å². The van der Waals surface area contributed by atoms with Crippen LogP contribution in [0, 0.1) is 27.7 Å². The lowest BCUT2D eigenvalue weighted by molar-refractivity contribution is -0.120. The Balaban J connectivity index is 1.90. The quantitative estimate of drug-likeness (QED) is 0.561. The number of hydrogen-bond donors (Lipinski definition) is 1. The number of anilines is 2. The van der Waals surface area contributed by atoms with Crippen LogP contribution in [0.1, 0.15) is 27.8 Å². The number of rotatable bonds is 5. The monoisotopic (exact) mass is 426 g/mol. The van der Waals surface area contributed by atoms with Crippen LogP contribution >= 0.6 is 0 Å². The molecule has 4 rings (SSSR count). The van der Waals surface area contributed by atoms with Crippen molar-refractivity contribution in [3.05, 3.63) is 94.2 Å². The molecule has 0 unspecified atom stereocenters. The van der Waals surface area contributed by atoms with Crippen molar-refractivity contribution in [2.45, 2.75) is 27.7 Å². The van der Waals surface area contributed by atoms with Crippen molar-refractivity contribution in [3.63, 3.8) is 0 Å². The molecule has 32 heavy (non-hydrogen) atoms. The SMILES string of the molecule is COc1ccc(C)cc1NC1=C(c2ccc(C)c(C)c2)C(=O)N(c2ccccc2C)C1=O. The summed E-state index contributed by atoms with van der Waals surface area (Å²) in [5, 5.41) is 3.23. The smallest absolute Gasteiger partial charge is 0.282 e. The van der Waals surface area contributed by atoms with E-state index in [1.807, 2.05) is 82.3 Å². The van der Waals surface area contributed by atoms with Crippen molar-refractivity contribution in [2.24, 2.45) is 0 Å². The molecule has 3 aromatic rings. The summed E-state index contributed by atoms with van der Waals surface area (Å²) in [5.74, 6) is -0.139. The van der Waals surface area contributed by atoms with Crippen LogP contribution < -0.4 is 15.0 Å². The number of nitrogens with zero attached hydrogens (tertiary/aromatic N) is 1. The number of benzene rings is 3. The third-order valence-electron chi connectivity index (χ3n) is 5.85. The van der Waals surface area contributed by atoms with Crippen molar-refractivity contribution >= 4 is 28.8 Å². The second-order valence-corrected chi connectivity index (χ2v) is 8.11. The third-order valence-corrected chi connectivity index (χ3v) is 5.85. The van der Waals surface area contributed by atoms with Crippen LogP contribution in [0.3, 0.4) is 0 Å². The lowest BCUT2D eigenvalue weighted by Crippen LogP contribution is -2.33. The minimum absolute atomic E-state index is 0.241. The summed E-state index contributed by atoms with van der Waals surface area (Å²) < 4.78 is 5.48. The van der Waals surface area contributed by atoms with Crippen LogP contribution in [0.25, 0.3) is 5.57 Å². The molecule has 0 fully saturated rings. The van der Waals surface area contributed by atoms with Crippen LogP contribution in [0.5, 0.6) is 5.75 Å². The van der Waals surface area contributed by atoms with E-state index < -0.39 is 0 Å². The van der Waals surface area contributed by atoms with Gasteiger partial charge < -0.3 is 10.1 Å². The first-order valence-corrected chi connectivity index (χ1v) is 10.5. The molecular weight excluding hydrogens is 400 g/mol. The van der Waals surface area contributed by atoms with Gasteiger partial charge in [0.2, 0.25) is 0 Å². The Bertz CT molecular complexity index is 1270. The van der Waals surface area contributed by atoms with Crippen LogP contribution in [0.15, 0.2) is 66.4 Å². The maximum Gasteiger partial charge on any atom is 0.282 e. The van der Waals surface area contributed by atoms with Crippen LogP contribution in [0.4, 0.5) is 11.4 Å². The molecule has 0 aliphatic carbocycles. The van der Waals surface area contributed by atoms with Crippen molar-refractivity contribution in [1.29, 1.82) is 0 Å². The molecule has 0 aromatic heterocycles. The molecule has 0 atom stereocenters. The Morgan fingerprint density at radius 1 is 0.781 bits per heavy atom. The Hall–Kier alpha value is -3.86. The summed E-state index contributed by atoms with van der Waals surface area (Å²) in [5.41, 5.74) is 6.55. The maximum atomic E-state index is 13.7. The largest absolute Gasteiger partial charge is 0.495 e. The van der Waals surface area contributed by atoms with Gasteiger partial charge in [0.15, 0.2) is 0 Å². The number of para-hydroxylation sites is 1. The summed E-state index contributed by atoms with van der Waals surface area (Å²) in [6, 6.07) is 18.9. The van der Waals surface area contributed by atoms with Gasteiger partial charge in [-0.05, 0) is 73.7 Å². The molecule has 0 bridgehead atoms. The number of hydrogen-bond acceptors (Lipinski definition) is 4. The number of amides is 2. The molecule has 1 N–H and O–H groups in total. The number of carbonyl (C=O) groups is 2. The van der Waals surface area contributed by atoms with Gasteiger partial charge in [-0.3, -0.25) is 9.59 Å². The fourth-order valence-corrected chi connectivity index (χ4v) is 3.90. The number of imide groups is 1. The molecule has 162 valence electrons. The standard InChI is InChI=1S/C27H26N2O3/c1-16-10-13-23(32-5)21(14-16)28-25-24(20-12-11-17(2)19(4)15-20)26(30)29(27(25)31)22-9-7-6-8-18(22)3/h6-15,28H,1-5H3. The Kier molecular flexibility index (Phi) is 5.57.